The average Bonchev–Trinajstić information content (AvgIpc) is 2.12. The zero-order chi connectivity index (χ0) is 10.4. The molecule has 0 saturated carbocycles. The molecule has 0 aliphatic carbocycles. The van der Waals surface area contributed by atoms with Gasteiger partial charge in [-0.15, -0.1) is 5.10 Å². The smallest absolute Gasteiger partial charge is 0.246 e. The molecule has 0 aliphatic rings. The summed E-state index contributed by atoms with van der Waals surface area (Å²) in [6, 6.07) is 0. The quantitative estimate of drug-likeness (QED) is 0.708. The van der Waals surface area contributed by atoms with Gasteiger partial charge in [0.2, 0.25) is 11.2 Å². The molecule has 0 N–H and O–H groups in total. The first-order chi connectivity index (χ1) is 6.68. The Hall–Kier alpha value is -0.900. The summed E-state index contributed by atoms with van der Waals surface area (Å²) in [7, 11) is 0. The maximum Gasteiger partial charge on any atom is 0.246 e. The molecule has 1 rings (SSSR count). The Morgan fingerprint density at radius 1 is 1.50 bits per heavy atom. The lowest BCUT2D eigenvalue weighted by molar-refractivity contribution is 0.285. The molecule has 78 valence electrons. The molecule has 0 radical (unpaired) electrons. The minimum atomic E-state index is 0.117. The van der Waals surface area contributed by atoms with E-state index in [1.807, 2.05) is 0 Å². The van der Waals surface area contributed by atoms with Crippen molar-refractivity contribution in [1.29, 1.82) is 0 Å². The van der Waals surface area contributed by atoms with Crippen molar-refractivity contribution in [2.45, 2.75) is 26.7 Å². The van der Waals surface area contributed by atoms with Crippen molar-refractivity contribution in [3.8, 4) is 5.88 Å². The van der Waals surface area contributed by atoms with E-state index in [1.165, 1.54) is 6.20 Å². The zero-order valence-corrected chi connectivity index (χ0v) is 9.16. The van der Waals surface area contributed by atoms with E-state index in [-0.39, 0.29) is 5.28 Å². The van der Waals surface area contributed by atoms with Gasteiger partial charge in [-0.1, -0.05) is 13.8 Å². The van der Waals surface area contributed by atoms with Crippen LogP contribution in [0.2, 0.25) is 5.28 Å². The number of halogens is 1. The summed E-state index contributed by atoms with van der Waals surface area (Å²) in [4.78, 5) is 3.86. The Bertz CT molecular complexity index is 281. The van der Waals surface area contributed by atoms with Gasteiger partial charge < -0.3 is 4.74 Å². The number of nitrogens with zero attached hydrogens (tertiary/aromatic N) is 3. The van der Waals surface area contributed by atoms with Crippen molar-refractivity contribution in [2.24, 2.45) is 5.92 Å². The van der Waals surface area contributed by atoms with E-state index < -0.39 is 0 Å². The molecule has 14 heavy (non-hydrogen) atoms. The van der Waals surface area contributed by atoms with Crippen LogP contribution in [0.15, 0.2) is 6.20 Å². The summed E-state index contributed by atoms with van der Waals surface area (Å²) in [5.41, 5.74) is 0. The second-order valence-corrected chi connectivity index (χ2v) is 3.79. The van der Waals surface area contributed by atoms with Crippen molar-refractivity contribution < 1.29 is 4.74 Å². The van der Waals surface area contributed by atoms with E-state index >= 15 is 0 Å². The number of hydrogen-bond donors (Lipinski definition) is 0. The zero-order valence-electron chi connectivity index (χ0n) is 8.40. The third-order valence-electron chi connectivity index (χ3n) is 1.69. The Morgan fingerprint density at radius 3 is 2.93 bits per heavy atom. The van der Waals surface area contributed by atoms with E-state index in [2.05, 4.69) is 29.0 Å². The summed E-state index contributed by atoms with van der Waals surface area (Å²) in [6.07, 6.45) is 3.62. The normalized spacial score (nSPS) is 10.6. The Balaban J connectivity index is 2.25. The molecule has 1 aromatic heterocycles. The summed E-state index contributed by atoms with van der Waals surface area (Å²) in [5, 5.41) is 7.27. The summed E-state index contributed by atoms with van der Waals surface area (Å²) in [6.45, 7) is 5.01. The van der Waals surface area contributed by atoms with Crippen LogP contribution in [0.25, 0.3) is 0 Å². The molecular formula is C9H14ClN3O. The Morgan fingerprint density at radius 2 is 2.29 bits per heavy atom. The minimum absolute atomic E-state index is 0.117. The van der Waals surface area contributed by atoms with Gasteiger partial charge in [0, 0.05) is 0 Å². The monoisotopic (exact) mass is 215 g/mol. The van der Waals surface area contributed by atoms with Crippen LogP contribution in [0.5, 0.6) is 5.88 Å². The van der Waals surface area contributed by atoms with Gasteiger partial charge in [-0.2, -0.15) is 10.1 Å². The fourth-order valence-electron chi connectivity index (χ4n) is 1.01. The topological polar surface area (TPSA) is 47.9 Å². The molecule has 1 aromatic rings. The van der Waals surface area contributed by atoms with Gasteiger partial charge in [-0.3, -0.25) is 0 Å². The molecule has 1 heterocycles. The van der Waals surface area contributed by atoms with Crippen LogP contribution in [-0.2, 0) is 0 Å². The molecule has 0 aliphatic heterocycles. The first kappa shape index (κ1) is 11.2. The van der Waals surface area contributed by atoms with Gasteiger partial charge in [0.15, 0.2) is 0 Å². The van der Waals surface area contributed by atoms with Crippen LogP contribution in [0.1, 0.15) is 26.7 Å². The average molecular weight is 216 g/mol. The van der Waals surface area contributed by atoms with Crippen LogP contribution in [0.4, 0.5) is 0 Å². The van der Waals surface area contributed by atoms with Gasteiger partial charge in [-0.25, -0.2) is 0 Å². The highest BCUT2D eigenvalue weighted by atomic mass is 35.5. The molecule has 0 atom stereocenters. The molecule has 0 saturated heterocycles. The second-order valence-electron chi connectivity index (χ2n) is 3.45. The molecule has 0 bridgehead atoms. The van der Waals surface area contributed by atoms with E-state index in [1.54, 1.807) is 0 Å². The van der Waals surface area contributed by atoms with Crippen LogP contribution in [-0.4, -0.2) is 21.8 Å². The van der Waals surface area contributed by atoms with E-state index in [0.717, 1.165) is 12.8 Å². The van der Waals surface area contributed by atoms with Gasteiger partial charge in [-0.05, 0) is 30.4 Å². The predicted octanol–water partition coefficient (Wildman–Crippen LogP) is 2.34. The van der Waals surface area contributed by atoms with Crippen molar-refractivity contribution in [3.63, 3.8) is 0 Å². The third-order valence-corrected chi connectivity index (χ3v) is 1.85. The van der Waals surface area contributed by atoms with Crippen LogP contribution in [0.3, 0.4) is 0 Å². The van der Waals surface area contributed by atoms with Crippen molar-refractivity contribution in [3.05, 3.63) is 11.5 Å². The lowest BCUT2D eigenvalue weighted by Crippen LogP contribution is -2.02. The highest BCUT2D eigenvalue weighted by molar-refractivity contribution is 6.28. The SMILES string of the molecule is CC(C)CCCOc1cnnc(Cl)n1. The van der Waals surface area contributed by atoms with Crippen molar-refractivity contribution >= 4 is 11.6 Å². The molecule has 0 unspecified atom stereocenters. The summed E-state index contributed by atoms with van der Waals surface area (Å²) in [5.74, 6) is 1.14. The van der Waals surface area contributed by atoms with E-state index in [4.69, 9.17) is 16.3 Å². The summed E-state index contributed by atoms with van der Waals surface area (Å²) >= 11 is 5.54. The Kier molecular flexibility index (Phi) is 4.59. The maximum atomic E-state index is 5.54. The van der Waals surface area contributed by atoms with E-state index in [9.17, 15) is 0 Å². The molecule has 5 heteroatoms. The predicted molar refractivity (Wildman–Crippen MR) is 54.4 cm³/mol. The lowest BCUT2D eigenvalue weighted by atomic mass is 10.1. The van der Waals surface area contributed by atoms with Gasteiger partial charge in [0.25, 0.3) is 0 Å². The largest absolute Gasteiger partial charge is 0.476 e. The van der Waals surface area contributed by atoms with Crippen LogP contribution < -0.4 is 4.74 Å². The minimum Gasteiger partial charge on any atom is -0.476 e. The van der Waals surface area contributed by atoms with Gasteiger partial charge in [0.05, 0.1) is 6.61 Å². The standard InChI is InChI=1S/C9H14ClN3O/c1-7(2)4-3-5-14-8-6-11-13-9(10)12-8/h6-7H,3-5H2,1-2H3. The number of rotatable bonds is 5. The first-order valence-electron chi connectivity index (χ1n) is 4.66. The molecule has 0 amide bonds. The van der Waals surface area contributed by atoms with Crippen molar-refractivity contribution in [1.82, 2.24) is 15.2 Å². The fraction of sp³-hybridized carbons (Fsp3) is 0.667. The summed E-state index contributed by atoms with van der Waals surface area (Å²) < 4.78 is 5.34. The van der Waals surface area contributed by atoms with Gasteiger partial charge in [0.1, 0.15) is 6.20 Å². The lowest BCUT2D eigenvalue weighted by Gasteiger charge is -2.05. The molecule has 0 aromatic carbocycles. The first-order valence-corrected chi connectivity index (χ1v) is 5.04. The third kappa shape index (κ3) is 4.37. The molecule has 4 nitrogen and oxygen atoms in total. The molecule has 0 spiro atoms. The van der Waals surface area contributed by atoms with Crippen LogP contribution >= 0.6 is 11.6 Å². The highest BCUT2D eigenvalue weighted by Crippen LogP contribution is 2.08. The van der Waals surface area contributed by atoms with E-state index in [0.29, 0.717) is 18.4 Å². The fourth-order valence-corrected chi connectivity index (χ4v) is 1.13. The van der Waals surface area contributed by atoms with Crippen molar-refractivity contribution in [2.75, 3.05) is 6.61 Å². The van der Waals surface area contributed by atoms with Gasteiger partial charge >= 0.3 is 0 Å². The highest BCUT2D eigenvalue weighted by Gasteiger charge is 1.99. The maximum absolute atomic E-state index is 5.54. The number of ether oxygens (including phenoxy) is 1. The molecular weight excluding hydrogens is 202 g/mol. The molecule has 0 fully saturated rings. The number of hydrogen-bond acceptors (Lipinski definition) is 4. The second kappa shape index (κ2) is 5.75. The van der Waals surface area contributed by atoms with Crippen LogP contribution in [0, 0.1) is 5.92 Å². The Labute approximate surface area is 88.7 Å². The number of aromatic nitrogens is 3.